The summed E-state index contributed by atoms with van der Waals surface area (Å²) in [6.45, 7) is 8.56. The highest BCUT2D eigenvalue weighted by Crippen LogP contribution is 2.37. The average Bonchev–Trinajstić information content (AvgIpc) is 2.35. The first kappa shape index (κ1) is 18.2. The second-order valence-corrected chi connectivity index (χ2v) is 9.11. The minimum absolute atomic E-state index is 0.110. The Bertz CT molecular complexity index is 539. The third kappa shape index (κ3) is 4.21. The number of hydrogen-bond acceptors (Lipinski definition) is 3. The molecular formula is C16H22BrIN2O2. The molecule has 1 aliphatic heterocycles. The van der Waals surface area contributed by atoms with Gasteiger partial charge >= 0.3 is 0 Å². The Morgan fingerprint density at radius 3 is 2.36 bits per heavy atom. The molecule has 1 amide bonds. The number of halogens is 2. The molecule has 0 saturated carbocycles. The molecule has 1 saturated heterocycles. The number of amides is 1. The maximum absolute atomic E-state index is 12.3. The molecule has 1 aromatic rings. The molecule has 1 aromatic carbocycles. The molecule has 2 rings (SSSR count). The van der Waals surface area contributed by atoms with E-state index in [1.807, 2.05) is 17.2 Å². The zero-order chi connectivity index (χ0) is 16.5. The summed E-state index contributed by atoms with van der Waals surface area (Å²) in [7, 11) is 0. The van der Waals surface area contributed by atoms with Crippen molar-refractivity contribution in [3.63, 3.8) is 0 Å². The van der Waals surface area contributed by atoms with Gasteiger partial charge in [0.1, 0.15) is 0 Å². The van der Waals surface area contributed by atoms with Crippen molar-refractivity contribution in [2.75, 3.05) is 0 Å². The van der Waals surface area contributed by atoms with Gasteiger partial charge in [0, 0.05) is 24.7 Å². The first-order valence-electron chi connectivity index (χ1n) is 7.36. The van der Waals surface area contributed by atoms with E-state index in [4.69, 9.17) is 4.94 Å². The van der Waals surface area contributed by atoms with Gasteiger partial charge in [0.2, 0.25) is 0 Å². The van der Waals surface area contributed by atoms with Crippen LogP contribution in [-0.4, -0.2) is 22.0 Å². The van der Waals surface area contributed by atoms with E-state index in [1.54, 1.807) is 6.07 Å². The van der Waals surface area contributed by atoms with E-state index in [9.17, 15) is 4.79 Å². The van der Waals surface area contributed by atoms with Crippen molar-refractivity contribution in [3.05, 3.63) is 31.8 Å². The van der Waals surface area contributed by atoms with Gasteiger partial charge in [0.25, 0.3) is 5.91 Å². The third-order valence-electron chi connectivity index (χ3n) is 4.03. The number of rotatable bonds is 3. The predicted octanol–water partition coefficient (Wildman–Crippen LogP) is 4.67. The lowest BCUT2D eigenvalue weighted by atomic mass is 9.82. The molecule has 1 heterocycles. The topological polar surface area (TPSA) is 41.6 Å². The van der Waals surface area contributed by atoms with Crippen LogP contribution in [0.25, 0.3) is 0 Å². The second kappa shape index (κ2) is 6.75. The molecular weight excluding hydrogens is 459 g/mol. The van der Waals surface area contributed by atoms with Gasteiger partial charge in [-0.15, -0.1) is 0 Å². The summed E-state index contributed by atoms with van der Waals surface area (Å²) in [4.78, 5) is 18.1. The second-order valence-electron chi connectivity index (χ2n) is 6.95. The Morgan fingerprint density at radius 2 is 1.82 bits per heavy atom. The molecule has 1 aliphatic rings. The summed E-state index contributed by atoms with van der Waals surface area (Å²) in [6, 6.07) is 5.57. The zero-order valence-corrected chi connectivity index (χ0v) is 17.1. The molecule has 6 heteroatoms. The fraction of sp³-hybridized carbons (Fsp3) is 0.562. The van der Waals surface area contributed by atoms with Crippen LogP contribution in [0.5, 0.6) is 0 Å². The molecule has 1 fully saturated rings. The standard InChI is InChI=1S/C16H22BrIN2O2/c1-15(2)6-5-7-16(3,4)20(15)22-19-14(21)11-8-12(17)10-13(18)9-11/h8-10H,5-7H2,1-4H3,(H,19,21). The van der Waals surface area contributed by atoms with Crippen LogP contribution in [0.2, 0.25) is 0 Å². The van der Waals surface area contributed by atoms with Gasteiger partial charge in [0.15, 0.2) is 0 Å². The molecule has 0 aromatic heterocycles. The van der Waals surface area contributed by atoms with E-state index in [0.717, 1.165) is 27.3 Å². The Morgan fingerprint density at radius 1 is 1.23 bits per heavy atom. The van der Waals surface area contributed by atoms with Crippen LogP contribution in [0.3, 0.4) is 0 Å². The summed E-state index contributed by atoms with van der Waals surface area (Å²) in [5.41, 5.74) is 2.95. The molecule has 0 bridgehead atoms. The largest absolute Gasteiger partial charge is 0.276 e. The van der Waals surface area contributed by atoms with E-state index >= 15 is 0 Å². The lowest BCUT2D eigenvalue weighted by Gasteiger charge is -2.50. The van der Waals surface area contributed by atoms with Crippen molar-refractivity contribution in [2.24, 2.45) is 0 Å². The number of hydroxylamine groups is 3. The maximum Gasteiger partial charge on any atom is 0.276 e. The Hall–Kier alpha value is -0.180. The van der Waals surface area contributed by atoms with Crippen molar-refractivity contribution in [1.82, 2.24) is 10.5 Å². The normalized spacial score (nSPS) is 20.6. The Labute approximate surface area is 154 Å². The molecule has 0 aliphatic carbocycles. The van der Waals surface area contributed by atoms with Crippen LogP contribution < -0.4 is 5.48 Å². The van der Waals surface area contributed by atoms with Crippen LogP contribution in [0.15, 0.2) is 22.7 Å². The van der Waals surface area contributed by atoms with Crippen molar-refractivity contribution < 1.29 is 9.73 Å². The van der Waals surface area contributed by atoms with Crippen LogP contribution >= 0.6 is 38.5 Å². The Kier molecular flexibility index (Phi) is 5.57. The summed E-state index contributed by atoms with van der Waals surface area (Å²) >= 11 is 5.59. The highest BCUT2D eigenvalue weighted by molar-refractivity contribution is 14.1. The van der Waals surface area contributed by atoms with E-state index in [0.29, 0.717) is 5.56 Å². The summed E-state index contributed by atoms with van der Waals surface area (Å²) in [5, 5.41) is 1.92. The molecule has 0 atom stereocenters. The third-order valence-corrected chi connectivity index (χ3v) is 5.11. The smallest absolute Gasteiger partial charge is 0.267 e. The molecule has 1 N–H and O–H groups in total. The van der Waals surface area contributed by atoms with Gasteiger partial charge in [-0.25, -0.2) is 5.48 Å². The SMILES string of the molecule is CC1(C)CCCC(C)(C)N1ONC(=O)c1cc(Br)cc(I)c1. The summed E-state index contributed by atoms with van der Waals surface area (Å²) in [5.74, 6) is -0.239. The molecule has 0 unspecified atom stereocenters. The lowest BCUT2D eigenvalue weighted by molar-refractivity contribution is -0.304. The minimum atomic E-state index is -0.239. The molecule has 0 spiro atoms. The zero-order valence-electron chi connectivity index (χ0n) is 13.4. The average molecular weight is 481 g/mol. The number of benzene rings is 1. The van der Waals surface area contributed by atoms with E-state index in [1.165, 1.54) is 0 Å². The van der Waals surface area contributed by atoms with Gasteiger partial charge in [-0.2, -0.15) is 10.0 Å². The molecule has 4 nitrogen and oxygen atoms in total. The fourth-order valence-corrected chi connectivity index (χ4v) is 4.65. The van der Waals surface area contributed by atoms with Crippen molar-refractivity contribution in [2.45, 2.75) is 58.0 Å². The van der Waals surface area contributed by atoms with Gasteiger partial charge < -0.3 is 0 Å². The van der Waals surface area contributed by atoms with Crippen molar-refractivity contribution in [1.29, 1.82) is 0 Å². The van der Waals surface area contributed by atoms with Gasteiger partial charge in [-0.3, -0.25) is 4.79 Å². The summed E-state index contributed by atoms with van der Waals surface area (Å²) < 4.78 is 1.87. The van der Waals surface area contributed by atoms with E-state index in [-0.39, 0.29) is 17.0 Å². The Balaban J connectivity index is 2.09. The quantitative estimate of drug-likeness (QED) is 0.504. The number of hydrogen-bond donors (Lipinski definition) is 1. The number of nitrogens with zero attached hydrogens (tertiary/aromatic N) is 1. The number of piperidine rings is 1. The highest BCUT2D eigenvalue weighted by Gasteiger charge is 2.43. The first-order valence-corrected chi connectivity index (χ1v) is 9.23. The fourth-order valence-electron chi connectivity index (χ4n) is 3.05. The number of carbonyl (C=O) groups is 1. The number of nitrogens with one attached hydrogen (secondary N) is 1. The van der Waals surface area contributed by atoms with Crippen LogP contribution in [0, 0.1) is 3.57 Å². The highest BCUT2D eigenvalue weighted by atomic mass is 127. The monoisotopic (exact) mass is 480 g/mol. The van der Waals surface area contributed by atoms with Crippen LogP contribution in [0.4, 0.5) is 0 Å². The van der Waals surface area contributed by atoms with Crippen LogP contribution in [0.1, 0.15) is 57.3 Å². The van der Waals surface area contributed by atoms with Crippen molar-refractivity contribution in [3.8, 4) is 0 Å². The van der Waals surface area contributed by atoms with Crippen LogP contribution in [-0.2, 0) is 4.94 Å². The van der Waals surface area contributed by atoms with Crippen molar-refractivity contribution >= 4 is 44.4 Å². The minimum Gasteiger partial charge on any atom is -0.267 e. The maximum atomic E-state index is 12.3. The summed E-state index contributed by atoms with van der Waals surface area (Å²) in [6.07, 6.45) is 3.25. The van der Waals surface area contributed by atoms with E-state index < -0.39 is 0 Å². The first-order chi connectivity index (χ1) is 10.1. The molecule has 22 heavy (non-hydrogen) atoms. The van der Waals surface area contributed by atoms with E-state index in [2.05, 4.69) is 71.7 Å². The molecule has 0 radical (unpaired) electrons. The lowest BCUT2D eigenvalue weighted by Crippen LogP contribution is -2.60. The van der Waals surface area contributed by atoms with Gasteiger partial charge in [0.05, 0.1) is 0 Å². The van der Waals surface area contributed by atoms with Gasteiger partial charge in [-0.05, 0) is 87.7 Å². The predicted molar refractivity (Wildman–Crippen MR) is 99.3 cm³/mol. The molecule has 122 valence electrons. The number of carbonyl (C=O) groups excluding carboxylic acids is 1. The van der Waals surface area contributed by atoms with Gasteiger partial charge in [-0.1, -0.05) is 15.9 Å².